The highest BCUT2D eigenvalue weighted by Gasteiger charge is 2.19. The number of nitro groups is 1. The van der Waals surface area contributed by atoms with E-state index in [1.54, 1.807) is 36.3 Å². The van der Waals surface area contributed by atoms with Gasteiger partial charge in [0.05, 0.1) is 10.6 Å². The number of non-ortho nitro benzene ring substituents is 1. The SMILES string of the molecule is Cn1cc(C(=O)OCc2ccc(-n3cccn3)cc2)c(-c2ccc([N+](=O)[O-])cc2)n1. The van der Waals surface area contributed by atoms with E-state index in [2.05, 4.69) is 10.2 Å². The van der Waals surface area contributed by atoms with Gasteiger partial charge in [-0.1, -0.05) is 12.1 Å². The molecule has 0 saturated carbocycles. The van der Waals surface area contributed by atoms with Gasteiger partial charge in [-0.3, -0.25) is 14.8 Å². The standard InChI is InChI=1S/C21H17N5O4/c1-24-13-19(20(23-24)16-5-9-18(10-6-16)26(28)29)21(27)30-14-15-3-7-17(8-4-15)25-12-2-11-22-25/h2-13H,14H2,1H3. The van der Waals surface area contributed by atoms with Crippen LogP contribution in [0.25, 0.3) is 16.9 Å². The molecule has 0 unspecified atom stereocenters. The summed E-state index contributed by atoms with van der Waals surface area (Å²) in [7, 11) is 1.69. The van der Waals surface area contributed by atoms with Crippen molar-refractivity contribution in [1.29, 1.82) is 0 Å². The normalized spacial score (nSPS) is 10.7. The summed E-state index contributed by atoms with van der Waals surface area (Å²) < 4.78 is 8.70. The number of carbonyl (C=O) groups is 1. The van der Waals surface area contributed by atoms with Gasteiger partial charge in [-0.25, -0.2) is 9.48 Å². The van der Waals surface area contributed by atoms with Crippen molar-refractivity contribution >= 4 is 11.7 Å². The summed E-state index contributed by atoms with van der Waals surface area (Å²) in [6, 6.07) is 15.2. The van der Waals surface area contributed by atoms with Crippen LogP contribution in [0.3, 0.4) is 0 Å². The lowest BCUT2D eigenvalue weighted by molar-refractivity contribution is -0.384. The van der Waals surface area contributed by atoms with Crippen molar-refractivity contribution in [1.82, 2.24) is 19.6 Å². The van der Waals surface area contributed by atoms with E-state index in [-0.39, 0.29) is 12.3 Å². The van der Waals surface area contributed by atoms with Crippen LogP contribution >= 0.6 is 0 Å². The number of rotatable bonds is 6. The molecule has 4 rings (SSSR count). The lowest BCUT2D eigenvalue weighted by atomic mass is 10.1. The van der Waals surface area contributed by atoms with E-state index in [0.717, 1.165) is 11.3 Å². The molecule has 0 atom stereocenters. The summed E-state index contributed by atoms with van der Waals surface area (Å²) in [6.45, 7) is 0.104. The maximum atomic E-state index is 12.7. The van der Waals surface area contributed by atoms with Gasteiger partial charge in [0.1, 0.15) is 17.9 Å². The van der Waals surface area contributed by atoms with Gasteiger partial charge < -0.3 is 4.74 Å². The number of carbonyl (C=O) groups excluding carboxylic acids is 1. The molecule has 4 aromatic rings. The number of nitro benzene ring substituents is 1. The molecule has 0 radical (unpaired) electrons. The van der Waals surface area contributed by atoms with Crippen LogP contribution in [0, 0.1) is 10.1 Å². The Kier molecular flexibility index (Phi) is 5.08. The molecule has 0 saturated heterocycles. The second kappa shape index (κ2) is 8.00. The van der Waals surface area contributed by atoms with Gasteiger partial charge in [0.15, 0.2) is 0 Å². The van der Waals surface area contributed by atoms with Crippen molar-refractivity contribution in [3.8, 4) is 16.9 Å². The smallest absolute Gasteiger partial charge is 0.342 e. The minimum absolute atomic E-state index is 0.0302. The maximum absolute atomic E-state index is 12.7. The van der Waals surface area contributed by atoms with Crippen molar-refractivity contribution in [2.75, 3.05) is 0 Å². The summed E-state index contributed by atoms with van der Waals surface area (Å²) in [5, 5.41) is 19.3. The number of hydrogen-bond donors (Lipinski definition) is 0. The maximum Gasteiger partial charge on any atom is 0.342 e. The number of ether oxygens (including phenoxy) is 1. The lowest BCUT2D eigenvalue weighted by Crippen LogP contribution is -2.06. The van der Waals surface area contributed by atoms with Gasteiger partial charge in [0.2, 0.25) is 0 Å². The van der Waals surface area contributed by atoms with Crippen LogP contribution in [0.5, 0.6) is 0 Å². The molecule has 0 bridgehead atoms. The zero-order valence-electron chi connectivity index (χ0n) is 16.0. The Morgan fingerprint density at radius 1 is 1.13 bits per heavy atom. The highest BCUT2D eigenvalue weighted by Crippen LogP contribution is 2.25. The molecule has 0 N–H and O–H groups in total. The number of benzene rings is 2. The number of aromatic nitrogens is 4. The molecular formula is C21H17N5O4. The molecule has 2 aromatic heterocycles. The van der Waals surface area contributed by atoms with Crippen molar-refractivity contribution in [2.45, 2.75) is 6.61 Å². The van der Waals surface area contributed by atoms with E-state index in [0.29, 0.717) is 16.8 Å². The molecule has 0 aliphatic rings. The Morgan fingerprint density at radius 3 is 2.50 bits per heavy atom. The Labute approximate surface area is 171 Å². The molecule has 2 heterocycles. The Hall–Kier alpha value is -4.27. The summed E-state index contributed by atoms with van der Waals surface area (Å²) in [5.74, 6) is -0.521. The Morgan fingerprint density at radius 2 is 1.87 bits per heavy atom. The Balaban J connectivity index is 1.48. The molecular weight excluding hydrogens is 386 g/mol. The zero-order chi connectivity index (χ0) is 21.1. The zero-order valence-corrected chi connectivity index (χ0v) is 16.0. The van der Waals surface area contributed by atoms with Gasteiger partial charge in [0, 0.05) is 43.3 Å². The van der Waals surface area contributed by atoms with Crippen molar-refractivity contribution in [3.05, 3.63) is 94.4 Å². The fraction of sp³-hybridized carbons (Fsp3) is 0.0952. The number of nitrogens with zero attached hydrogens (tertiary/aromatic N) is 5. The largest absolute Gasteiger partial charge is 0.457 e. The molecule has 0 amide bonds. The van der Waals surface area contributed by atoms with E-state index in [4.69, 9.17) is 4.74 Å². The number of aryl methyl sites for hydroxylation is 1. The molecule has 2 aromatic carbocycles. The van der Waals surface area contributed by atoms with Gasteiger partial charge in [0.25, 0.3) is 5.69 Å². The van der Waals surface area contributed by atoms with Crippen LogP contribution in [-0.4, -0.2) is 30.5 Å². The van der Waals surface area contributed by atoms with Crippen LogP contribution in [0.1, 0.15) is 15.9 Å². The first-order valence-corrected chi connectivity index (χ1v) is 9.06. The lowest BCUT2D eigenvalue weighted by Gasteiger charge is -2.07. The van der Waals surface area contributed by atoms with Crippen LogP contribution in [0.2, 0.25) is 0 Å². The topological polar surface area (TPSA) is 105 Å². The quantitative estimate of drug-likeness (QED) is 0.277. The predicted molar refractivity (Wildman–Crippen MR) is 108 cm³/mol. The second-order valence-electron chi connectivity index (χ2n) is 6.56. The van der Waals surface area contributed by atoms with Gasteiger partial charge >= 0.3 is 5.97 Å². The molecule has 30 heavy (non-hydrogen) atoms. The van der Waals surface area contributed by atoms with Gasteiger partial charge in [-0.05, 0) is 35.9 Å². The molecule has 0 spiro atoms. The first-order chi connectivity index (χ1) is 14.5. The minimum atomic E-state index is -0.521. The first kappa shape index (κ1) is 19.1. The van der Waals surface area contributed by atoms with E-state index >= 15 is 0 Å². The third-order valence-corrected chi connectivity index (χ3v) is 4.48. The second-order valence-corrected chi connectivity index (χ2v) is 6.56. The van der Waals surface area contributed by atoms with E-state index in [1.165, 1.54) is 16.8 Å². The molecule has 150 valence electrons. The molecule has 0 fully saturated rings. The Bertz CT molecular complexity index is 1180. The van der Waals surface area contributed by atoms with Gasteiger partial charge in [-0.15, -0.1) is 0 Å². The highest BCUT2D eigenvalue weighted by molar-refractivity contribution is 5.96. The summed E-state index contributed by atoms with van der Waals surface area (Å²) in [5.41, 5.74) is 3.00. The van der Waals surface area contributed by atoms with Crippen molar-refractivity contribution in [2.24, 2.45) is 7.05 Å². The van der Waals surface area contributed by atoms with E-state index in [9.17, 15) is 14.9 Å². The monoisotopic (exact) mass is 403 g/mol. The minimum Gasteiger partial charge on any atom is -0.457 e. The summed E-state index contributed by atoms with van der Waals surface area (Å²) in [6.07, 6.45) is 5.11. The molecule has 9 heteroatoms. The van der Waals surface area contributed by atoms with Crippen LogP contribution < -0.4 is 0 Å². The van der Waals surface area contributed by atoms with Crippen LogP contribution in [0.15, 0.2) is 73.2 Å². The average Bonchev–Trinajstić information content (AvgIpc) is 3.42. The third kappa shape index (κ3) is 3.95. The fourth-order valence-electron chi connectivity index (χ4n) is 2.99. The van der Waals surface area contributed by atoms with Gasteiger partial charge in [-0.2, -0.15) is 10.2 Å². The first-order valence-electron chi connectivity index (χ1n) is 9.06. The summed E-state index contributed by atoms with van der Waals surface area (Å²) in [4.78, 5) is 23.0. The van der Waals surface area contributed by atoms with Crippen molar-refractivity contribution < 1.29 is 14.5 Å². The fourth-order valence-corrected chi connectivity index (χ4v) is 2.99. The molecule has 0 aliphatic heterocycles. The molecule has 0 aliphatic carbocycles. The number of hydrogen-bond acceptors (Lipinski definition) is 6. The predicted octanol–water partition coefficient (Wildman–Crippen LogP) is 3.54. The van der Waals surface area contributed by atoms with Crippen molar-refractivity contribution in [3.63, 3.8) is 0 Å². The number of esters is 1. The van der Waals surface area contributed by atoms with E-state index < -0.39 is 10.9 Å². The highest BCUT2D eigenvalue weighted by atomic mass is 16.6. The van der Waals surface area contributed by atoms with E-state index in [1.807, 2.05) is 36.5 Å². The van der Waals surface area contributed by atoms with Crippen LogP contribution in [-0.2, 0) is 18.4 Å². The summed E-state index contributed by atoms with van der Waals surface area (Å²) >= 11 is 0. The third-order valence-electron chi connectivity index (χ3n) is 4.48. The molecule has 9 nitrogen and oxygen atoms in total. The average molecular weight is 403 g/mol. The van der Waals surface area contributed by atoms with Crippen LogP contribution in [0.4, 0.5) is 5.69 Å².